The summed E-state index contributed by atoms with van der Waals surface area (Å²) in [5, 5.41) is 11.3. The second-order valence-corrected chi connectivity index (χ2v) is 6.51. The molecule has 1 heterocycles. The van der Waals surface area contributed by atoms with Crippen molar-refractivity contribution in [2.45, 2.75) is 32.9 Å². The Kier molecular flexibility index (Phi) is 4.94. The summed E-state index contributed by atoms with van der Waals surface area (Å²) >= 11 is 3.43. The predicted octanol–water partition coefficient (Wildman–Crippen LogP) is 4.09. The maximum Gasteiger partial charge on any atom is 0.251 e. The van der Waals surface area contributed by atoms with E-state index in [9.17, 15) is 4.79 Å². The van der Waals surface area contributed by atoms with Gasteiger partial charge in [-0.25, -0.2) is 4.68 Å². The van der Waals surface area contributed by atoms with E-state index in [1.54, 1.807) is 6.07 Å². The summed E-state index contributed by atoms with van der Waals surface area (Å²) in [6, 6.07) is 13.5. The van der Waals surface area contributed by atoms with Crippen LogP contribution in [0.5, 0.6) is 0 Å². The van der Waals surface area contributed by atoms with Gasteiger partial charge in [0.05, 0.1) is 11.6 Å². The van der Waals surface area contributed by atoms with Gasteiger partial charge >= 0.3 is 0 Å². The highest BCUT2D eigenvalue weighted by Gasteiger charge is 2.15. The Morgan fingerprint density at radius 3 is 2.62 bits per heavy atom. The number of halogens is 1. The molecule has 24 heavy (non-hydrogen) atoms. The van der Waals surface area contributed by atoms with E-state index in [0.717, 1.165) is 34.0 Å². The van der Waals surface area contributed by atoms with Crippen LogP contribution in [0.25, 0.3) is 11.0 Å². The van der Waals surface area contributed by atoms with Gasteiger partial charge < -0.3 is 5.32 Å². The summed E-state index contributed by atoms with van der Waals surface area (Å²) in [6.45, 7) is 4.82. The first-order valence-corrected chi connectivity index (χ1v) is 8.81. The molecule has 1 unspecified atom stereocenters. The lowest BCUT2D eigenvalue weighted by molar-refractivity contribution is 0.0935. The van der Waals surface area contributed by atoms with E-state index in [1.807, 2.05) is 48.0 Å². The van der Waals surface area contributed by atoms with Gasteiger partial charge in [0.15, 0.2) is 0 Å². The van der Waals surface area contributed by atoms with Gasteiger partial charge in [-0.3, -0.25) is 4.79 Å². The molecule has 0 aliphatic rings. The molecule has 1 amide bonds. The Morgan fingerprint density at radius 2 is 1.96 bits per heavy atom. The SMILES string of the molecule is CCC(NC(=O)c1ccc2c(c1)nnn2CC)c1ccc(Br)cc1. The number of carbonyl (C=O) groups is 1. The van der Waals surface area contributed by atoms with Crippen LogP contribution in [0.1, 0.15) is 42.2 Å². The molecule has 5 nitrogen and oxygen atoms in total. The number of benzene rings is 2. The number of rotatable bonds is 5. The summed E-state index contributed by atoms with van der Waals surface area (Å²) in [4.78, 5) is 12.6. The van der Waals surface area contributed by atoms with Crippen molar-refractivity contribution in [3.63, 3.8) is 0 Å². The van der Waals surface area contributed by atoms with Gasteiger partial charge in [0, 0.05) is 16.6 Å². The Labute approximate surface area is 149 Å². The Morgan fingerprint density at radius 1 is 1.21 bits per heavy atom. The quantitative estimate of drug-likeness (QED) is 0.717. The van der Waals surface area contributed by atoms with Crippen LogP contribution < -0.4 is 5.32 Å². The van der Waals surface area contributed by atoms with E-state index in [0.29, 0.717) is 5.56 Å². The van der Waals surface area contributed by atoms with E-state index in [4.69, 9.17) is 0 Å². The summed E-state index contributed by atoms with van der Waals surface area (Å²) in [5.41, 5.74) is 3.36. The van der Waals surface area contributed by atoms with Gasteiger partial charge in [0.1, 0.15) is 5.52 Å². The molecule has 1 atom stereocenters. The number of aryl methyl sites for hydroxylation is 1. The standard InChI is InChI=1S/C18H19BrN4O/c1-3-15(12-5-8-14(19)9-6-12)20-18(24)13-7-10-17-16(11-13)21-22-23(17)4-2/h5-11,15H,3-4H2,1-2H3,(H,20,24). The smallest absolute Gasteiger partial charge is 0.251 e. The second kappa shape index (κ2) is 7.13. The maximum absolute atomic E-state index is 12.6. The molecule has 0 radical (unpaired) electrons. The van der Waals surface area contributed by atoms with Crippen molar-refractivity contribution < 1.29 is 4.79 Å². The van der Waals surface area contributed by atoms with Crippen molar-refractivity contribution in [2.75, 3.05) is 0 Å². The van der Waals surface area contributed by atoms with Crippen molar-refractivity contribution in [1.82, 2.24) is 20.3 Å². The lowest BCUT2D eigenvalue weighted by Crippen LogP contribution is -2.28. The molecule has 0 spiro atoms. The number of nitrogens with zero attached hydrogens (tertiary/aromatic N) is 3. The third kappa shape index (κ3) is 3.33. The largest absolute Gasteiger partial charge is 0.345 e. The zero-order valence-corrected chi connectivity index (χ0v) is 15.2. The molecule has 2 aromatic carbocycles. The van der Waals surface area contributed by atoms with E-state index in [1.165, 1.54) is 0 Å². The van der Waals surface area contributed by atoms with Crippen LogP contribution in [-0.2, 0) is 6.54 Å². The molecule has 0 saturated carbocycles. The van der Waals surface area contributed by atoms with Crippen LogP contribution >= 0.6 is 15.9 Å². The van der Waals surface area contributed by atoms with Gasteiger partial charge in [-0.2, -0.15) is 0 Å². The Balaban J connectivity index is 1.81. The fraction of sp³-hybridized carbons (Fsp3) is 0.278. The lowest BCUT2D eigenvalue weighted by atomic mass is 10.0. The molecule has 0 saturated heterocycles. The minimum Gasteiger partial charge on any atom is -0.345 e. The lowest BCUT2D eigenvalue weighted by Gasteiger charge is -2.17. The highest BCUT2D eigenvalue weighted by Crippen LogP contribution is 2.21. The average molecular weight is 387 g/mol. The maximum atomic E-state index is 12.6. The van der Waals surface area contributed by atoms with Gasteiger partial charge in [-0.05, 0) is 49.2 Å². The molecule has 3 aromatic rings. The van der Waals surface area contributed by atoms with Crippen LogP contribution in [-0.4, -0.2) is 20.9 Å². The number of nitrogens with one attached hydrogen (secondary N) is 1. The van der Waals surface area contributed by atoms with Crippen molar-refractivity contribution in [3.8, 4) is 0 Å². The molecular weight excluding hydrogens is 368 g/mol. The first kappa shape index (κ1) is 16.6. The number of amides is 1. The first-order valence-electron chi connectivity index (χ1n) is 8.02. The topological polar surface area (TPSA) is 59.8 Å². The third-order valence-corrected chi connectivity index (χ3v) is 4.59. The van der Waals surface area contributed by atoms with Crippen LogP contribution in [0.15, 0.2) is 46.9 Å². The fourth-order valence-electron chi connectivity index (χ4n) is 2.70. The number of fused-ring (bicyclic) bond motifs is 1. The Bertz CT molecular complexity index is 857. The zero-order chi connectivity index (χ0) is 17.1. The van der Waals surface area contributed by atoms with Gasteiger partial charge in [-0.1, -0.05) is 40.2 Å². The van der Waals surface area contributed by atoms with Gasteiger partial charge in [0.25, 0.3) is 5.91 Å². The highest BCUT2D eigenvalue weighted by atomic mass is 79.9. The van der Waals surface area contributed by atoms with E-state index >= 15 is 0 Å². The summed E-state index contributed by atoms with van der Waals surface area (Å²) < 4.78 is 2.84. The number of hydrogen-bond acceptors (Lipinski definition) is 3. The monoisotopic (exact) mass is 386 g/mol. The molecule has 0 fully saturated rings. The molecule has 1 aromatic heterocycles. The minimum atomic E-state index is -0.0993. The summed E-state index contributed by atoms with van der Waals surface area (Å²) in [7, 11) is 0. The normalized spacial score (nSPS) is 12.3. The van der Waals surface area contributed by atoms with Crippen molar-refractivity contribution in [1.29, 1.82) is 0 Å². The molecular formula is C18H19BrN4O. The van der Waals surface area contributed by atoms with Crippen LogP contribution in [0.3, 0.4) is 0 Å². The van der Waals surface area contributed by atoms with Gasteiger partial charge in [0.2, 0.25) is 0 Å². The molecule has 0 aliphatic carbocycles. The van der Waals surface area contributed by atoms with E-state index < -0.39 is 0 Å². The zero-order valence-electron chi connectivity index (χ0n) is 13.7. The number of hydrogen-bond donors (Lipinski definition) is 1. The third-order valence-electron chi connectivity index (χ3n) is 4.06. The fourth-order valence-corrected chi connectivity index (χ4v) is 2.97. The first-order chi connectivity index (χ1) is 11.6. The van der Waals surface area contributed by atoms with Crippen LogP contribution in [0.2, 0.25) is 0 Å². The average Bonchev–Trinajstić information content (AvgIpc) is 3.02. The Hall–Kier alpha value is -2.21. The van der Waals surface area contributed by atoms with Crippen LogP contribution in [0.4, 0.5) is 0 Å². The van der Waals surface area contributed by atoms with Crippen molar-refractivity contribution in [3.05, 3.63) is 58.1 Å². The molecule has 0 bridgehead atoms. The van der Waals surface area contributed by atoms with E-state index in [-0.39, 0.29) is 11.9 Å². The molecule has 6 heteroatoms. The molecule has 124 valence electrons. The van der Waals surface area contributed by atoms with E-state index in [2.05, 4.69) is 38.5 Å². The molecule has 0 aliphatic heterocycles. The molecule has 3 rings (SSSR count). The predicted molar refractivity (Wildman–Crippen MR) is 97.8 cm³/mol. The summed E-state index contributed by atoms with van der Waals surface area (Å²) in [6.07, 6.45) is 0.821. The number of aromatic nitrogens is 3. The summed E-state index contributed by atoms with van der Waals surface area (Å²) in [5.74, 6) is -0.0993. The van der Waals surface area contributed by atoms with Crippen LogP contribution in [0, 0.1) is 0 Å². The highest BCUT2D eigenvalue weighted by molar-refractivity contribution is 9.10. The number of carbonyl (C=O) groups excluding carboxylic acids is 1. The molecule has 1 N–H and O–H groups in total. The minimum absolute atomic E-state index is 0.0207. The second-order valence-electron chi connectivity index (χ2n) is 5.59. The van der Waals surface area contributed by atoms with Gasteiger partial charge in [-0.15, -0.1) is 5.10 Å². The van der Waals surface area contributed by atoms with Crippen molar-refractivity contribution >= 4 is 32.9 Å². The van der Waals surface area contributed by atoms with Crippen molar-refractivity contribution in [2.24, 2.45) is 0 Å².